The van der Waals surface area contributed by atoms with Gasteiger partial charge in [0.25, 0.3) is 5.91 Å². The van der Waals surface area contributed by atoms with E-state index in [0.717, 1.165) is 5.56 Å². The molecule has 1 aliphatic heterocycles. The first-order chi connectivity index (χ1) is 15.1. The Labute approximate surface area is 197 Å². The van der Waals surface area contributed by atoms with Crippen LogP contribution in [-0.4, -0.2) is 43.8 Å². The molecular formula is C22H24Cl2N2O5S. The molecule has 1 amide bonds. The molecule has 1 aliphatic rings. The minimum atomic E-state index is -3.89. The smallest absolute Gasteiger partial charge is 0.309 e. The lowest BCUT2D eigenvalue weighted by Gasteiger charge is -2.31. The first kappa shape index (κ1) is 24.5. The highest BCUT2D eigenvalue weighted by molar-refractivity contribution is 7.89. The van der Waals surface area contributed by atoms with Crippen molar-refractivity contribution in [3.63, 3.8) is 0 Å². The molecule has 3 rings (SSSR count). The molecule has 172 valence electrons. The van der Waals surface area contributed by atoms with Gasteiger partial charge in [-0.2, -0.15) is 4.31 Å². The average Bonchev–Trinajstić information content (AvgIpc) is 2.75. The first-order valence-electron chi connectivity index (χ1n) is 10.1. The summed E-state index contributed by atoms with van der Waals surface area (Å²) in [6.45, 7) is 3.61. The molecule has 10 heteroatoms. The van der Waals surface area contributed by atoms with Gasteiger partial charge in [0.15, 0.2) is 6.10 Å². The van der Waals surface area contributed by atoms with Crippen LogP contribution >= 0.6 is 23.2 Å². The van der Waals surface area contributed by atoms with Gasteiger partial charge in [0.1, 0.15) is 4.90 Å². The summed E-state index contributed by atoms with van der Waals surface area (Å²) in [4.78, 5) is 24.8. The maximum Gasteiger partial charge on any atom is 0.309 e. The summed E-state index contributed by atoms with van der Waals surface area (Å²) in [5.41, 5.74) is 1.55. The van der Waals surface area contributed by atoms with Gasteiger partial charge >= 0.3 is 5.97 Å². The zero-order chi connectivity index (χ0) is 23.5. The van der Waals surface area contributed by atoms with Crippen molar-refractivity contribution in [2.75, 3.05) is 18.4 Å². The molecule has 7 nitrogen and oxygen atoms in total. The van der Waals surface area contributed by atoms with E-state index in [4.69, 9.17) is 27.9 Å². The molecule has 2 aromatic rings. The summed E-state index contributed by atoms with van der Waals surface area (Å²) in [7, 11) is -3.89. The van der Waals surface area contributed by atoms with Crippen molar-refractivity contribution in [2.45, 2.75) is 37.7 Å². The molecule has 1 saturated heterocycles. The van der Waals surface area contributed by atoms with Crippen LogP contribution in [0, 0.1) is 12.8 Å². The van der Waals surface area contributed by atoms with E-state index in [9.17, 15) is 18.0 Å². The lowest BCUT2D eigenvalue weighted by molar-refractivity contribution is -0.158. The fraction of sp³-hybridized carbons (Fsp3) is 0.364. The van der Waals surface area contributed by atoms with Crippen molar-refractivity contribution >= 4 is 50.8 Å². The van der Waals surface area contributed by atoms with Crippen LogP contribution in [0.15, 0.2) is 47.4 Å². The highest BCUT2D eigenvalue weighted by Gasteiger charge is 2.35. The van der Waals surface area contributed by atoms with E-state index < -0.39 is 33.9 Å². The van der Waals surface area contributed by atoms with Crippen molar-refractivity contribution in [2.24, 2.45) is 5.92 Å². The van der Waals surface area contributed by atoms with Gasteiger partial charge in [0.2, 0.25) is 10.0 Å². The minimum absolute atomic E-state index is 0.0486. The topological polar surface area (TPSA) is 92.8 Å². The Balaban J connectivity index is 1.57. The van der Waals surface area contributed by atoms with E-state index in [1.807, 2.05) is 19.1 Å². The van der Waals surface area contributed by atoms with Gasteiger partial charge in [-0.25, -0.2) is 8.42 Å². The number of rotatable bonds is 6. The molecule has 0 spiro atoms. The maximum atomic E-state index is 13.0. The number of aryl methyl sites for hydroxylation is 1. The summed E-state index contributed by atoms with van der Waals surface area (Å²) in [6, 6.07) is 11.8. The third kappa shape index (κ3) is 5.43. The average molecular weight is 499 g/mol. The summed E-state index contributed by atoms with van der Waals surface area (Å²) in [5.74, 6) is -1.46. The van der Waals surface area contributed by atoms with Crippen LogP contribution < -0.4 is 5.32 Å². The second kappa shape index (κ2) is 10.2. The number of benzene rings is 2. The van der Waals surface area contributed by atoms with Crippen LogP contribution in [0.3, 0.4) is 0 Å². The third-order valence-electron chi connectivity index (χ3n) is 5.37. The standard InChI is InChI=1S/C22H24Cl2N2O5S/c1-14-6-3-4-9-19(14)25-21(27)15(2)31-22(28)16-10-12-26(13-11-16)32(29,30)20-17(23)7-5-8-18(20)24/h3-9,15-16H,10-13H2,1-2H3,(H,25,27). The third-order valence-corrected chi connectivity index (χ3v) is 8.22. The Morgan fingerprint density at radius 2 is 1.66 bits per heavy atom. The van der Waals surface area contributed by atoms with Crippen LogP contribution in [0.25, 0.3) is 0 Å². The van der Waals surface area contributed by atoms with Gasteiger partial charge in [-0.05, 0) is 50.5 Å². The molecule has 1 fully saturated rings. The van der Waals surface area contributed by atoms with Crippen molar-refractivity contribution in [3.05, 3.63) is 58.1 Å². The molecular weight excluding hydrogens is 475 g/mol. The second-order valence-electron chi connectivity index (χ2n) is 7.61. The quantitative estimate of drug-likeness (QED) is 0.600. The number of sulfonamides is 1. The zero-order valence-corrected chi connectivity index (χ0v) is 20.0. The number of amides is 1. The van der Waals surface area contributed by atoms with E-state index in [2.05, 4.69) is 5.32 Å². The number of nitrogens with one attached hydrogen (secondary N) is 1. The summed E-state index contributed by atoms with van der Waals surface area (Å²) in [5, 5.41) is 2.84. The van der Waals surface area contributed by atoms with Crippen LogP contribution in [0.4, 0.5) is 5.69 Å². The minimum Gasteiger partial charge on any atom is -0.452 e. The van der Waals surface area contributed by atoms with E-state index in [0.29, 0.717) is 5.69 Å². The molecule has 32 heavy (non-hydrogen) atoms. The molecule has 0 aromatic heterocycles. The van der Waals surface area contributed by atoms with Crippen molar-refractivity contribution in [1.82, 2.24) is 4.31 Å². The van der Waals surface area contributed by atoms with Gasteiger partial charge < -0.3 is 10.1 Å². The molecule has 1 atom stereocenters. The number of para-hydroxylation sites is 1. The van der Waals surface area contributed by atoms with E-state index in [-0.39, 0.29) is 40.9 Å². The Morgan fingerprint density at radius 1 is 1.06 bits per heavy atom. The van der Waals surface area contributed by atoms with Crippen LogP contribution in [-0.2, 0) is 24.3 Å². The Bertz CT molecular complexity index is 1090. The number of carbonyl (C=O) groups excluding carboxylic acids is 2. The van der Waals surface area contributed by atoms with Crippen molar-refractivity contribution in [1.29, 1.82) is 0 Å². The Hall–Kier alpha value is -2.13. The lowest BCUT2D eigenvalue weighted by Crippen LogP contribution is -2.42. The molecule has 1 N–H and O–H groups in total. The Morgan fingerprint density at radius 3 is 2.25 bits per heavy atom. The van der Waals surface area contributed by atoms with Gasteiger partial charge in [0.05, 0.1) is 16.0 Å². The highest BCUT2D eigenvalue weighted by atomic mass is 35.5. The second-order valence-corrected chi connectivity index (χ2v) is 10.3. The van der Waals surface area contributed by atoms with Crippen molar-refractivity contribution in [3.8, 4) is 0 Å². The zero-order valence-electron chi connectivity index (χ0n) is 17.7. The summed E-state index contributed by atoms with van der Waals surface area (Å²) in [6.07, 6.45) is -0.441. The summed E-state index contributed by atoms with van der Waals surface area (Å²) < 4.78 is 32.5. The largest absolute Gasteiger partial charge is 0.452 e. The monoisotopic (exact) mass is 498 g/mol. The molecule has 1 unspecified atom stereocenters. The molecule has 0 bridgehead atoms. The normalized spacial score (nSPS) is 16.4. The van der Waals surface area contributed by atoms with E-state index >= 15 is 0 Å². The number of hydrogen-bond donors (Lipinski definition) is 1. The molecule has 0 aliphatic carbocycles. The number of carbonyl (C=O) groups is 2. The number of anilines is 1. The number of piperidine rings is 1. The first-order valence-corrected chi connectivity index (χ1v) is 12.3. The molecule has 0 saturated carbocycles. The SMILES string of the molecule is Cc1ccccc1NC(=O)C(C)OC(=O)C1CCN(S(=O)(=O)c2c(Cl)cccc2Cl)CC1. The van der Waals surface area contributed by atoms with Gasteiger partial charge in [-0.15, -0.1) is 0 Å². The number of halogens is 2. The fourth-order valence-electron chi connectivity index (χ4n) is 3.46. The van der Waals surface area contributed by atoms with Crippen LogP contribution in [0.2, 0.25) is 10.0 Å². The maximum absolute atomic E-state index is 13.0. The molecule has 2 aromatic carbocycles. The lowest BCUT2D eigenvalue weighted by atomic mass is 9.98. The van der Waals surface area contributed by atoms with Crippen molar-refractivity contribution < 1.29 is 22.7 Å². The van der Waals surface area contributed by atoms with Gasteiger partial charge in [0, 0.05) is 18.8 Å². The number of hydrogen-bond acceptors (Lipinski definition) is 5. The molecule has 0 radical (unpaired) electrons. The summed E-state index contributed by atoms with van der Waals surface area (Å²) >= 11 is 12.1. The predicted molar refractivity (Wildman–Crippen MR) is 123 cm³/mol. The highest BCUT2D eigenvalue weighted by Crippen LogP contribution is 2.33. The van der Waals surface area contributed by atoms with Gasteiger partial charge in [-0.3, -0.25) is 9.59 Å². The Kier molecular flexibility index (Phi) is 7.82. The number of esters is 1. The van der Waals surface area contributed by atoms with E-state index in [1.165, 1.54) is 23.4 Å². The van der Waals surface area contributed by atoms with Gasteiger partial charge in [-0.1, -0.05) is 47.5 Å². The van der Waals surface area contributed by atoms with Crippen LogP contribution in [0.1, 0.15) is 25.3 Å². The number of ether oxygens (including phenoxy) is 1. The van der Waals surface area contributed by atoms with Crippen LogP contribution in [0.5, 0.6) is 0 Å². The fourth-order valence-corrected chi connectivity index (χ4v) is 6.02. The van der Waals surface area contributed by atoms with E-state index in [1.54, 1.807) is 18.2 Å². The molecule has 1 heterocycles. The number of nitrogens with zero attached hydrogens (tertiary/aromatic N) is 1. The predicted octanol–water partition coefficient (Wildman–Crippen LogP) is 4.27.